The number of hydrogen-bond acceptors (Lipinski definition) is 7. The van der Waals surface area contributed by atoms with E-state index in [4.69, 9.17) is 4.74 Å². The number of carbonyl (C=O) groups excluding carboxylic acids is 2. The van der Waals surface area contributed by atoms with Crippen molar-refractivity contribution in [2.24, 2.45) is 0 Å². The summed E-state index contributed by atoms with van der Waals surface area (Å²) in [4.78, 5) is 39.3. The van der Waals surface area contributed by atoms with Crippen molar-refractivity contribution < 1.29 is 14.3 Å². The molecule has 0 saturated carbocycles. The van der Waals surface area contributed by atoms with Gasteiger partial charge in [0.2, 0.25) is 0 Å². The molecule has 4 heterocycles. The van der Waals surface area contributed by atoms with Crippen molar-refractivity contribution in [3.63, 3.8) is 0 Å². The minimum absolute atomic E-state index is 0.0592. The smallest absolute Gasteiger partial charge is 0.269 e. The molecule has 1 aliphatic rings. The molecule has 0 aliphatic carbocycles. The van der Waals surface area contributed by atoms with Crippen LogP contribution in [-0.2, 0) is 4.74 Å². The summed E-state index contributed by atoms with van der Waals surface area (Å²) in [5.41, 5.74) is 3.44. The molecule has 0 radical (unpaired) electrons. The Morgan fingerprint density at radius 3 is 2.47 bits per heavy atom. The van der Waals surface area contributed by atoms with Crippen LogP contribution in [0.15, 0.2) is 55.0 Å². The molecule has 3 aromatic rings. The number of aromatic nitrogens is 3. The highest BCUT2D eigenvalue weighted by molar-refractivity contribution is 5.95. The van der Waals surface area contributed by atoms with Gasteiger partial charge in [-0.1, -0.05) is 12.1 Å². The number of nitrogens with one attached hydrogen (secondary N) is 2. The lowest BCUT2D eigenvalue weighted by atomic mass is 10.1. The standard InChI is InChI=1S/C23H24N6O3/c1-24-21-11-15(7-8-26-21)23(31)29-9-10-32-20(14-29)18-5-3-16(12-27-18)17-4-6-19(28-13-17)22(30)25-2/h3-8,11-13,20H,9-10,14H2,1-2H3,(H,24,26)(H,25,30). The Balaban J connectivity index is 1.45. The van der Waals surface area contributed by atoms with Crippen molar-refractivity contribution in [2.45, 2.75) is 6.10 Å². The normalized spacial score (nSPS) is 15.8. The maximum atomic E-state index is 12.9. The van der Waals surface area contributed by atoms with E-state index >= 15 is 0 Å². The van der Waals surface area contributed by atoms with Crippen molar-refractivity contribution in [1.82, 2.24) is 25.2 Å². The van der Waals surface area contributed by atoms with Gasteiger partial charge in [0.05, 0.1) is 18.8 Å². The number of hydrogen-bond donors (Lipinski definition) is 2. The van der Waals surface area contributed by atoms with Gasteiger partial charge in [-0.05, 0) is 24.3 Å². The minimum Gasteiger partial charge on any atom is -0.373 e. The molecule has 2 amide bonds. The van der Waals surface area contributed by atoms with E-state index in [9.17, 15) is 9.59 Å². The highest BCUT2D eigenvalue weighted by Crippen LogP contribution is 2.25. The second-order valence-electron chi connectivity index (χ2n) is 7.27. The third kappa shape index (κ3) is 4.57. The van der Waals surface area contributed by atoms with Crippen LogP contribution in [0.1, 0.15) is 32.6 Å². The molecule has 1 fully saturated rings. The molecule has 2 N–H and O–H groups in total. The van der Waals surface area contributed by atoms with Gasteiger partial charge in [-0.15, -0.1) is 0 Å². The summed E-state index contributed by atoms with van der Waals surface area (Å²) in [6.45, 7) is 1.38. The fourth-order valence-corrected chi connectivity index (χ4v) is 3.49. The lowest BCUT2D eigenvalue weighted by Gasteiger charge is -2.32. The topological polar surface area (TPSA) is 109 Å². The number of nitrogens with zero attached hydrogens (tertiary/aromatic N) is 4. The quantitative estimate of drug-likeness (QED) is 0.636. The van der Waals surface area contributed by atoms with Gasteiger partial charge in [0.1, 0.15) is 17.6 Å². The van der Waals surface area contributed by atoms with Crippen molar-refractivity contribution in [3.05, 3.63) is 71.9 Å². The van der Waals surface area contributed by atoms with E-state index in [2.05, 4.69) is 25.6 Å². The Labute approximate surface area is 185 Å². The molecule has 1 aliphatic heterocycles. The molecule has 9 heteroatoms. The molecule has 4 rings (SSSR count). The van der Waals surface area contributed by atoms with Gasteiger partial charge in [0, 0.05) is 55.9 Å². The number of rotatable bonds is 5. The first kappa shape index (κ1) is 21.4. The van der Waals surface area contributed by atoms with Crippen molar-refractivity contribution >= 4 is 17.6 Å². The van der Waals surface area contributed by atoms with E-state index in [0.717, 1.165) is 16.8 Å². The van der Waals surface area contributed by atoms with Crippen LogP contribution >= 0.6 is 0 Å². The second kappa shape index (κ2) is 9.52. The Hall–Kier alpha value is -3.85. The van der Waals surface area contributed by atoms with Gasteiger partial charge in [-0.25, -0.2) is 4.98 Å². The molecule has 1 saturated heterocycles. The van der Waals surface area contributed by atoms with E-state index in [1.807, 2.05) is 18.2 Å². The van der Waals surface area contributed by atoms with Crippen LogP contribution in [0.4, 0.5) is 5.82 Å². The Kier molecular flexibility index (Phi) is 6.37. The van der Waals surface area contributed by atoms with E-state index in [0.29, 0.717) is 36.8 Å². The summed E-state index contributed by atoms with van der Waals surface area (Å²) in [5.74, 6) is 0.361. The molecule has 164 valence electrons. The van der Waals surface area contributed by atoms with Crippen molar-refractivity contribution in [2.75, 3.05) is 39.1 Å². The number of pyridine rings is 3. The summed E-state index contributed by atoms with van der Waals surface area (Å²) >= 11 is 0. The number of amides is 2. The summed E-state index contributed by atoms with van der Waals surface area (Å²) in [6, 6.07) is 10.8. The third-order valence-corrected chi connectivity index (χ3v) is 5.29. The molecule has 32 heavy (non-hydrogen) atoms. The van der Waals surface area contributed by atoms with Crippen LogP contribution in [0.25, 0.3) is 11.1 Å². The molecule has 0 spiro atoms. The predicted octanol–water partition coefficient (Wildman–Crippen LogP) is 2.15. The van der Waals surface area contributed by atoms with E-state index in [1.165, 1.54) is 0 Å². The van der Waals surface area contributed by atoms with E-state index in [-0.39, 0.29) is 17.9 Å². The molecular weight excluding hydrogens is 408 g/mol. The third-order valence-electron chi connectivity index (χ3n) is 5.29. The molecule has 9 nitrogen and oxygen atoms in total. The summed E-state index contributed by atoms with van der Waals surface area (Å²) in [6.07, 6.45) is 4.71. The van der Waals surface area contributed by atoms with Crippen LogP contribution in [-0.4, -0.2) is 65.5 Å². The zero-order chi connectivity index (χ0) is 22.5. The van der Waals surface area contributed by atoms with E-state index < -0.39 is 0 Å². The molecular formula is C23H24N6O3. The number of morpholine rings is 1. The van der Waals surface area contributed by atoms with Crippen molar-refractivity contribution in [1.29, 1.82) is 0 Å². The van der Waals surface area contributed by atoms with Gasteiger partial charge in [0.15, 0.2) is 0 Å². The zero-order valence-electron chi connectivity index (χ0n) is 17.9. The maximum Gasteiger partial charge on any atom is 0.269 e. The Morgan fingerprint density at radius 2 is 1.81 bits per heavy atom. The molecule has 1 atom stereocenters. The first-order chi connectivity index (χ1) is 15.6. The Morgan fingerprint density at radius 1 is 1.03 bits per heavy atom. The molecule has 1 unspecified atom stereocenters. The summed E-state index contributed by atoms with van der Waals surface area (Å²) in [7, 11) is 3.34. The SMILES string of the molecule is CNC(=O)c1ccc(-c2ccc(C3CN(C(=O)c4ccnc(NC)c4)CCO3)nc2)cn1. The van der Waals surface area contributed by atoms with Gasteiger partial charge in [-0.3, -0.25) is 19.6 Å². The minimum atomic E-state index is -0.305. The monoisotopic (exact) mass is 432 g/mol. The van der Waals surface area contributed by atoms with Gasteiger partial charge >= 0.3 is 0 Å². The fraction of sp³-hybridized carbons (Fsp3) is 0.261. The van der Waals surface area contributed by atoms with E-state index in [1.54, 1.807) is 55.8 Å². The average molecular weight is 432 g/mol. The largest absolute Gasteiger partial charge is 0.373 e. The van der Waals surface area contributed by atoms with Gasteiger partial charge in [-0.2, -0.15) is 0 Å². The number of anilines is 1. The summed E-state index contributed by atoms with van der Waals surface area (Å²) in [5, 5.41) is 5.50. The first-order valence-electron chi connectivity index (χ1n) is 10.3. The first-order valence-corrected chi connectivity index (χ1v) is 10.3. The van der Waals surface area contributed by atoms with Crippen LogP contribution in [0.3, 0.4) is 0 Å². The highest BCUT2D eigenvalue weighted by atomic mass is 16.5. The molecule has 3 aromatic heterocycles. The average Bonchev–Trinajstić information content (AvgIpc) is 2.88. The van der Waals surface area contributed by atoms with Crippen LogP contribution in [0, 0.1) is 0 Å². The molecule has 0 aromatic carbocycles. The van der Waals surface area contributed by atoms with Crippen LogP contribution in [0.5, 0.6) is 0 Å². The maximum absolute atomic E-state index is 12.9. The van der Waals surface area contributed by atoms with Crippen LogP contribution in [0.2, 0.25) is 0 Å². The van der Waals surface area contributed by atoms with Crippen LogP contribution < -0.4 is 10.6 Å². The lowest BCUT2D eigenvalue weighted by Crippen LogP contribution is -2.42. The predicted molar refractivity (Wildman–Crippen MR) is 119 cm³/mol. The summed E-state index contributed by atoms with van der Waals surface area (Å²) < 4.78 is 5.89. The van der Waals surface area contributed by atoms with Crippen molar-refractivity contribution in [3.8, 4) is 11.1 Å². The lowest BCUT2D eigenvalue weighted by molar-refractivity contribution is -0.0247. The van der Waals surface area contributed by atoms with Gasteiger partial charge < -0.3 is 20.3 Å². The highest BCUT2D eigenvalue weighted by Gasteiger charge is 2.27. The zero-order valence-corrected chi connectivity index (χ0v) is 17.9. The second-order valence-corrected chi connectivity index (χ2v) is 7.27. The fourth-order valence-electron chi connectivity index (χ4n) is 3.49. The van der Waals surface area contributed by atoms with Gasteiger partial charge in [0.25, 0.3) is 11.8 Å². The number of carbonyl (C=O) groups is 2. The number of ether oxygens (including phenoxy) is 1. The Bertz CT molecular complexity index is 1100. The molecule has 0 bridgehead atoms.